The fourth-order valence-electron chi connectivity index (χ4n) is 7.32. The van der Waals surface area contributed by atoms with Gasteiger partial charge in [0.1, 0.15) is 5.69 Å². The number of nitrogens with zero attached hydrogens (tertiary/aromatic N) is 5. The highest BCUT2D eigenvalue weighted by Gasteiger charge is 2.32. The molecule has 8 nitrogen and oxygen atoms in total. The lowest BCUT2D eigenvalue weighted by atomic mass is 9.81. The Labute approximate surface area is 265 Å². The monoisotopic (exact) mass is 614 g/mol. The zero-order valence-corrected chi connectivity index (χ0v) is 27.9. The van der Waals surface area contributed by atoms with Gasteiger partial charge in [-0.05, 0) is 70.6 Å². The maximum atomic E-state index is 13.9. The first kappa shape index (κ1) is 30.7. The molecule has 2 amide bonds. The van der Waals surface area contributed by atoms with E-state index in [0.29, 0.717) is 11.5 Å². The number of para-hydroxylation sites is 1. The van der Waals surface area contributed by atoms with E-state index < -0.39 is 0 Å². The molecular formula is C35H46N6O2S. The van der Waals surface area contributed by atoms with E-state index in [1.54, 1.807) is 4.90 Å². The number of aromatic nitrogens is 2. The van der Waals surface area contributed by atoms with Crippen molar-refractivity contribution in [3.05, 3.63) is 58.8 Å². The van der Waals surface area contributed by atoms with Crippen LogP contribution in [0.15, 0.2) is 36.4 Å². The van der Waals surface area contributed by atoms with E-state index in [2.05, 4.69) is 63.1 Å². The minimum absolute atomic E-state index is 0.0616. The normalized spacial score (nSPS) is 15.5. The molecule has 0 saturated heterocycles. The lowest BCUT2D eigenvalue weighted by Crippen LogP contribution is -2.28. The molecule has 9 heteroatoms. The van der Waals surface area contributed by atoms with Crippen molar-refractivity contribution in [2.45, 2.75) is 71.0 Å². The molecule has 1 saturated carbocycles. The lowest BCUT2D eigenvalue weighted by Gasteiger charge is -2.25. The summed E-state index contributed by atoms with van der Waals surface area (Å²) in [4.78, 5) is 31.0. The number of benzene rings is 2. The molecule has 0 spiro atoms. The van der Waals surface area contributed by atoms with Crippen LogP contribution in [-0.4, -0.2) is 76.8 Å². The number of rotatable bonds is 8. The molecule has 234 valence electrons. The first-order chi connectivity index (χ1) is 21.2. The Bertz CT molecular complexity index is 1710. The van der Waals surface area contributed by atoms with E-state index in [9.17, 15) is 9.59 Å². The number of hydrogen-bond donors (Lipinski definition) is 1. The summed E-state index contributed by atoms with van der Waals surface area (Å²) in [6.45, 7) is 5.37. The van der Waals surface area contributed by atoms with Gasteiger partial charge in [-0.1, -0.05) is 50.5 Å². The summed E-state index contributed by atoms with van der Waals surface area (Å²) in [6.07, 6.45) is 7.04. The summed E-state index contributed by atoms with van der Waals surface area (Å²) in [5.74, 6) is 0.448. The van der Waals surface area contributed by atoms with E-state index in [-0.39, 0.29) is 11.8 Å². The van der Waals surface area contributed by atoms with Crippen LogP contribution in [0.4, 0.5) is 0 Å². The van der Waals surface area contributed by atoms with Gasteiger partial charge in [-0.25, -0.2) is 4.31 Å². The topological polar surface area (TPSA) is 65.8 Å². The van der Waals surface area contributed by atoms with E-state index in [0.717, 1.165) is 49.4 Å². The lowest BCUT2D eigenvalue weighted by molar-refractivity contribution is 0.0815. The van der Waals surface area contributed by atoms with Crippen molar-refractivity contribution in [3.8, 4) is 11.3 Å². The van der Waals surface area contributed by atoms with Gasteiger partial charge in [-0.3, -0.25) is 14.3 Å². The van der Waals surface area contributed by atoms with Crippen molar-refractivity contribution in [2.24, 2.45) is 0 Å². The van der Waals surface area contributed by atoms with Crippen LogP contribution in [-0.2, 0) is 19.6 Å². The molecule has 0 bridgehead atoms. The van der Waals surface area contributed by atoms with Gasteiger partial charge < -0.3 is 18.9 Å². The highest BCUT2D eigenvalue weighted by atomic mass is 32.2. The van der Waals surface area contributed by atoms with Crippen molar-refractivity contribution in [3.63, 3.8) is 0 Å². The fraction of sp³-hybridized carbons (Fsp3) is 0.486. The number of carbonyl (C=O) groups excluding carboxylic acids is 2. The third-order valence-electron chi connectivity index (χ3n) is 9.48. The van der Waals surface area contributed by atoms with Crippen molar-refractivity contribution in [1.82, 2.24) is 28.0 Å². The largest absolute Gasteiger partial charge is 0.343 e. The van der Waals surface area contributed by atoms with Gasteiger partial charge in [0, 0.05) is 78.8 Å². The van der Waals surface area contributed by atoms with Gasteiger partial charge in [-0.2, -0.15) is 0 Å². The average molecular weight is 615 g/mol. The number of carbonyl (C=O) groups is 2. The minimum atomic E-state index is -0.0845. The van der Waals surface area contributed by atoms with Gasteiger partial charge >= 0.3 is 0 Å². The van der Waals surface area contributed by atoms with Crippen molar-refractivity contribution >= 4 is 45.8 Å². The van der Waals surface area contributed by atoms with E-state index in [4.69, 9.17) is 0 Å². The molecule has 1 fully saturated rings. The second kappa shape index (κ2) is 12.6. The standard InChI is InChI=1S/C35H46N6O2S/c1-7-39(6)22-28-25-15-11-16-27-31(25)41(33(28)35(43)37(2)3)20-12-19-40-29-21-24(34(42)36-44-38(4)5)17-18-26(29)30(32(27)40)23-13-9-8-10-14-23/h11,15-18,21,23H,7-10,12-14,19-20,22H2,1-6H3,(H,36,42). The Balaban J connectivity index is 1.64. The van der Waals surface area contributed by atoms with Gasteiger partial charge in [0.2, 0.25) is 0 Å². The van der Waals surface area contributed by atoms with Gasteiger partial charge in [0.25, 0.3) is 11.8 Å². The van der Waals surface area contributed by atoms with E-state index in [1.165, 1.54) is 77.3 Å². The van der Waals surface area contributed by atoms with E-state index >= 15 is 0 Å². The fourth-order valence-corrected chi connectivity index (χ4v) is 7.70. The predicted molar refractivity (Wildman–Crippen MR) is 182 cm³/mol. The van der Waals surface area contributed by atoms with Crippen LogP contribution >= 0.6 is 12.1 Å². The van der Waals surface area contributed by atoms with Gasteiger partial charge in [0.05, 0.1) is 11.2 Å². The summed E-state index contributed by atoms with van der Waals surface area (Å²) in [7, 11) is 9.67. The Kier molecular flexibility index (Phi) is 8.81. The Morgan fingerprint density at radius 3 is 2.39 bits per heavy atom. The molecule has 44 heavy (non-hydrogen) atoms. The van der Waals surface area contributed by atoms with Gasteiger partial charge in [0.15, 0.2) is 0 Å². The SMILES string of the molecule is CCN(C)Cc1c(C(=O)N(C)C)n2c3c(cccc13)-c1c(C3CCCCC3)c3ccc(C(=O)NSN(C)C)cc3n1CCC2. The molecular weight excluding hydrogens is 568 g/mol. The molecule has 1 aliphatic carbocycles. The van der Waals surface area contributed by atoms with Crippen molar-refractivity contribution in [2.75, 3.05) is 41.8 Å². The highest BCUT2D eigenvalue weighted by Crippen LogP contribution is 2.47. The minimum Gasteiger partial charge on any atom is -0.343 e. The van der Waals surface area contributed by atoms with Crippen molar-refractivity contribution in [1.29, 1.82) is 0 Å². The third kappa shape index (κ3) is 5.43. The molecule has 0 unspecified atom stereocenters. The zero-order chi connectivity index (χ0) is 31.1. The quantitative estimate of drug-likeness (QED) is 0.223. The number of aryl methyl sites for hydroxylation is 2. The average Bonchev–Trinajstić information content (AvgIpc) is 3.50. The molecule has 4 aromatic rings. The van der Waals surface area contributed by atoms with Crippen LogP contribution in [0.3, 0.4) is 0 Å². The van der Waals surface area contributed by atoms with Gasteiger partial charge in [-0.15, -0.1) is 0 Å². The van der Waals surface area contributed by atoms with Crippen molar-refractivity contribution < 1.29 is 9.59 Å². The summed E-state index contributed by atoms with van der Waals surface area (Å²) in [5, 5.41) is 2.43. The van der Waals surface area contributed by atoms with Crippen LogP contribution in [0.1, 0.15) is 83.3 Å². The summed E-state index contributed by atoms with van der Waals surface area (Å²) >= 11 is 1.29. The van der Waals surface area contributed by atoms with Crippen LogP contribution in [0.25, 0.3) is 33.1 Å². The van der Waals surface area contributed by atoms with Crippen LogP contribution in [0.5, 0.6) is 0 Å². The number of hydrogen-bond acceptors (Lipinski definition) is 5. The summed E-state index contributed by atoms with van der Waals surface area (Å²) in [6, 6.07) is 12.9. The number of nitrogens with one attached hydrogen (secondary N) is 1. The number of fused-ring (bicyclic) bond motifs is 4. The van der Waals surface area contributed by atoms with E-state index in [1.807, 2.05) is 38.6 Å². The first-order valence-electron chi connectivity index (χ1n) is 16.1. The first-order valence-corrected chi connectivity index (χ1v) is 16.8. The number of amides is 2. The maximum absolute atomic E-state index is 13.9. The third-order valence-corrected chi connectivity index (χ3v) is 10.1. The predicted octanol–water partition coefficient (Wildman–Crippen LogP) is 6.72. The molecule has 3 heterocycles. The molecule has 2 aliphatic rings. The molecule has 6 rings (SSSR count). The Morgan fingerprint density at radius 2 is 1.68 bits per heavy atom. The Morgan fingerprint density at radius 1 is 0.932 bits per heavy atom. The second-order valence-electron chi connectivity index (χ2n) is 12.9. The maximum Gasteiger partial charge on any atom is 0.270 e. The summed E-state index contributed by atoms with van der Waals surface area (Å²) < 4.78 is 9.66. The molecule has 0 radical (unpaired) electrons. The molecule has 2 aromatic heterocycles. The molecule has 2 aromatic carbocycles. The zero-order valence-electron chi connectivity index (χ0n) is 27.1. The highest BCUT2D eigenvalue weighted by molar-refractivity contribution is 7.95. The Hall–Kier alpha value is -3.27. The molecule has 0 atom stereocenters. The van der Waals surface area contributed by atoms with Crippen LogP contribution in [0, 0.1) is 0 Å². The van der Waals surface area contributed by atoms with Crippen LogP contribution < -0.4 is 4.72 Å². The second-order valence-corrected chi connectivity index (χ2v) is 14.0. The van der Waals surface area contributed by atoms with Crippen LogP contribution in [0.2, 0.25) is 0 Å². The molecule has 1 N–H and O–H groups in total. The summed E-state index contributed by atoms with van der Waals surface area (Å²) in [5.41, 5.74) is 8.81. The molecule has 1 aliphatic heterocycles. The smallest absolute Gasteiger partial charge is 0.270 e.